The maximum Gasteiger partial charge on any atom is 0.132 e. The summed E-state index contributed by atoms with van der Waals surface area (Å²) in [7, 11) is 0. The van der Waals surface area contributed by atoms with E-state index in [1.54, 1.807) is 13.1 Å². The van der Waals surface area contributed by atoms with E-state index in [2.05, 4.69) is 10.2 Å². The van der Waals surface area contributed by atoms with Crippen molar-refractivity contribution in [2.75, 3.05) is 0 Å². The Bertz CT molecular complexity index is 228. The van der Waals surface area contributed by atoms with Gasteiger partial charge in [0.1, 0.15) is 5.78 Å². The molecule has 0 aliphatic heterocycles. The van der Waals surface area contributed by atoms with Gasteiger partial charge in [0.25, 0.3) is 0 Å². The van der Waals surface area contributed by atoms with E-state index in [1.807, 2.05) is 13.1 Å². The first-order valence-electron chi connectivity index (χ1n) is 3.68. The summed E-state index contributed by atoms with van der Waals surface area (Å²) in [5.74, 6) is 0.332. The Morgan fingerprint density at radius 2 is 2.55 bits per heavy atom. The van der Waals surface area contributed by atoms with Crippen LogP contribution in [-0.2, 0) is 11.2 Å². The van der Waals surface area contributed by atoms with Gasteiger partial charge >= 0.3 is 0 Å². The highest BCUT2D eigenvalue weighted by Gasteiger charge is 2.08. The second-order valence-electron chi connectivity index (χ2n) is 2.82. The monoisotopic (exact) mass is 152 g/mol. The van der Waals surface area contributed by atoms with Gasteiger partial charge in [0, 0.05) is 12.1 Å². The van der Waals surface area contributed by atoms with Gasteiger partial charge in [0.15, 0.2) is 0 Å². The van der Waals surface area contributed by atoms with E-state index in [1.165, 1.54) is 0 Å². The summed E-state index contributed by atoms with van der Waals surface area (Å²) < 4.78 is 0. The molecule has 0 aromatic carbocycles. The average Bonchev–Trinajstić information content (AvgIpc) is 2.39. The van der Waals surface area contributed by atoms with Crippen molar-refractivity contribution in [3.05, 3.63) is 18.0 Å². The Morgan fingerprint density at radius 1 is 1.82 bits per heavy atom. The number of hydrogen-bond donors (Lipinski definition) is 1. The Labute approximate surface area is 65.8 Å². The molecule has 1 aromatic rings. The lowest BCUT2D eigenvalue weighted by Crippen LogP contribution is -2.08. The lowest BCUT2D eigenvalue weighted by atomic mass is 10.0. The minimum atomic E-state index is 0.104. The number of carbonyl (C=O) groups excluding carboxylic acids is 1. The van der Waals surface area contributed by atoms with E-state index < -0.39 is 0 Å². The molecule has 0 amide bonds. The van der Waals surface area contributed by atoms with Crippen molar-refractivity contribution in [2.45, 2.75) is 20.3 Å². The van der Waals surface area contributed by atoms with Gasteiger partial charge in [-0.15, -0.1) is 0 Å². The van der Waals surface area contributed by atoms with Gasteiger partial charge in [0.05, 0.1) is 6.20 Å². The lowest BCUT2D eigenvalue weighted by molar-refractivity contribution is -0.120. The highest BCUT2D eigenvalue weighted by atomic mass is 16.1. The predicted molar refractivity (Wildman–Crippen MR) is 42.1 cm³/mol. The zero-order valence-electron chi connectivity index (χ0n) is 6.79. The van der Waals surface area contributed by atoms with E-state index in [9.17, 15) is 4.79 Å². The Kier molecular flexibility index (Phi) is 2.41. The van der Waals surface area contributed by atoms with Crippen molar-refractivity contribution in [2.24, 2.45) is 5.92 Å². The Balaban J connectivity index is 2.50. The van der Waals surface area contributed by atoms with Crippen LogP contribution in [0.3, 0.4) is 0 Å². The molecule has 1 heterocycles. The van der Waals surface area contributed by atoms with E-state index in [0.717, 1.165) is 12.0 Å². The number of aromatic nitrogens is 2. The molecule has 0 radical (unpaired) electrons. The summed E-state index contributed by atoms with van der Waals surface area (Å²) in [6, 6.07) is 0. The zero-order valence-corrected chi connectivity index (χ0v) is 6.79. The third-order valence-corrected chi connectivity index (χ3v) is 1.79. The fourth-order valence-corrected chi connectivity index (χ4v) is 0.887. The summed E-state index contributed by atoms with van der Waals surface area (Å²) in [4.78, 5) is 10.8. The third-order valence-electron chi connectivity index (χ3n) is 1.79. The summed E-state index contributed by atoms with van der Waals surface area (Å²) in [6.07, 6.45) is 4.35. The molecule has 3 nitrogen and oxygen atoms in total. The molecular weight excluding hydrogens is 140 g/mol. The first-order chi connectivity index (χ1) is 5.20. The number of nitrogens with one attached hydrogen (secondary N) is 1. The van der Waals surface area contributed by atoms with Gasteiger partial charge < -0.3 is 0 Å². The van der Waals surface area contributed by atoms with Crippen LogP contribution in [0.25, 0.3) is 0 Å². The van der Waals surface area contributed by atoms with Gasteiger partial charge in [-0.05, 0) is 18.9 Å². The molecule has 0 bridgehead atoms. The maximum absolute atomic E-state index is 10.8. The number of ketones is 1. The van der Waals surface area contributed by atoms with E-state index in [0.29, 0.717) is 0 Å². The van der Waals surface area contributed by atoms with Crippen molar-refractivity contribution < 1.29 is 4.79 Å². The van der Waals surface area contributed by atoms with Gasteiger partial charge in [-0.2, -0.15) is 5.10 Å². The van der Waals surface area contributed by atoms with Crippen LogP contribution < -0.4 is 0 Å². The smallest absolute Gasteiger partial charge is 0.132 e. The molecule has 3 heteroatoms. The summed E-state index contributed by atoms with van der Waals surface area (Å²) >= 11 is 0. The quantitative estimate of drug-likeness (QED) is 0.706. The molecule has 1 rings (SSSR count). The van der Waals surface area contributed by atoms with Gasteiger partial charge in [-0.1, -0.05) is 6.92 Å². The maximum atomic E-state index is 10.8. The fraction of sp³-hybridized carbons (Fsp3) is 0.500. The molecule has 0 fully saturated rings. The molecule has 1 aromatic heterocycles. The van der Waals surface area contributed by atoms with Crippen LogP contribution in [0.1, 0.15) is 19.4 Å². The van der Waals surface area contributed by atoms with Crippen LogP contribution in [0.15, 0.2) is 12.4 Å². The Morgan fingerprint density at radius 3 is 3.00 bits per heavy atom. The van der Waals surface area contributed by atoms with Gasteiger partial charge in [0.2, 0.25) is 0 Å². The molecule has 11 heavy (non-hydrogen) atoms. The predicted octanol–water partition coefficient (Wildman–Crippen LogP) is 1.18. The lowest BCUT2D eigenvalue weighted by Gasteiger charge is -2.03. The number of nitrogens with zero attached hydrogens (tertiary/aromatic N) is 1. The highest BCUT2D eigenvalue weighted by molar-refractivity contribution is 5.78. The molecule has 1 N–H and O–H groups in total. The molecule has 0 saturated heterocycles. The fourth-order valence-electron chi connectivity index (χ4n) is 0.887. The summed E-state index contributed by atoms with van der Waals surface area (Å²) in [5, 5.41) is 6.51. The number of Topliss-reactive ketones (excluding diaryl/α,β-unsaturated/α-hetero) is 1. The second-order valence-corrected chi connectivity index (χ2v) is 2.82. The molecule has 60 valence electrons. The van der Waals surface area contributed by atoms with Crippen molar-refractivity contribution in [1.82, 2.24) is 10.2 Å². The van der Waals surface area contributed by atoms with Crippen molar-refractivity contribution in [3.8, 4) is 0 Å². The van der Waals surface area contributed by atoms with Crippen molar-refractivity contribution in [3.63, 3.8) is 0 Å². The van der Waals surface area contributed by atoms with E-state index >= 15 is 0 Å². The van der Waals surface area contributed by atoms with Crippen LogP contribution in [0, 0.1) is 5.92 Å². The van der Waals surface area contributed by atoms with E-state index in [4.69, 9.17) is 0 Å². The Hall–Kier alpha value is -1.12. The van der Waals surface area contributed by atoms with E-state index in [-0.39, 0.29) is 11.7 Å². The number of H-pyrrole nitrogens is 1. The summed E-state index contributed by atoms with van der Waals surface area (Å²) in [5.41, 5.74) is 1.09. The van der Waals surface area contributed by atoms with Crippen LogP contribution >= 0.6 is 0 Å². The minimum Gasteiger partial charge on any atom is -0.300 e. The SMILES string of the molecule is CC(=O)C(C)Cc1cn[nH]c1. The number of hydrogen-bond acceptors (Lipinski definition) is 2. The molecule has 0 spiro atoms. The molecule has 1 atom stereocenters. The van der Waals surface area contributed by atoms with Crippen LogP contribution in [0.4, 0.5) is 0 Å². The highest BCUT2D eigenvalue weighted by Crippen LogP contribution is 2.06. The molecule has 0 saturated carbocycles. The molecular formula is C8H12N2O. The van der Waals surface area contributed by atoms with Crippen LogP contribution in [0.5, 0.6) is 0 Å². The number of carbonyl (C=O) groups is 1. The third kappa shape index (κ3) is 2.18. The average molecular weight is 152 g/mol. The van der Waals surface area contributed by atoms with Crippen LogP contribution in [0.2, 0.25) is 0 Å². The summed E-state index contributed by atoms with van der Waals surface area (Å²) in [6.45, 7) is 3.54. The normalized spacial score (nSPS) is 12.9. The zero-order chi connectivity index (χ0) is 8.27. The minimum absolute atomic E-state index is 0.104. The second kappa shape index (κ2) is 3.32. The largest absolute Gasteiger partial charge is 0.300 e. The topological polar surface area (TPSA) is 45.8 Å². The van der Waals surface area contributed by atoms with Crippen molar-refractivity contribution in [1.29, 1.82) is 0 Å². The number of aromatic amines is 1. The molecule has 1 unspecified atom stereocenters. The van der Waals surface area contributed by atoms with Gasteiger partial charge in [-0.25, -0.2) is 0 Å². The first-order valence-corrected chi connectivity index (χ1v) is 3.68. The standard InChI is InChI=1S/C8H12N2O/c1-6(7(2)11)3-8-4-9-10-5-8/h4-6H,3H2,1-2H3,(H,9,10). The van der Waals surface area contributed by atoms with Crippen molar-refractivity contribution >= 4 is 5.78 Å². The molecule has 0 aliphatic carbocycles. The van der Waals surface area contributed by atoms with Crippen LogP contribution in [-0.4, -0.2) is 16.0 Å². The van der Waals surface area contributed by atoms with Gasteiger partial charge in [-0.3, -0.25) is 9.89 Å². The first kappa shape index (κ1) is 7.98. The number of rotatable bonds is 3. The molecule has 0 aliphatic rings.